The lowest BCUT2D eigenvalue weighted by molar-refractivity contribution is -0.151. The summed E-state index contributed by atoms with van der Waals surface area (Å²) in [6, 6.07) is 4.59. The van der Waals surface area contributed by atoms with Crippen molar-refractivity contribution in [1.29, 1.82) is 5.26 Å². The van der Waals surface area contributed by atoms with Crippen molar-refractivity contribution in [3.8, 4) is 6.07 Å². The third-order valence-corrected chi connectivity index (χ3v) is 5.93. The molecule has 0 aliphatic heterocycles. The van der Waals surface area contributed by atoms with Crippen molar-refractivity contribution in [2.45, 2.75) is 90.3 Å². The summed E-state index contributed by atoms with van der Waals surface area (Å²) in [7, 11) is 0. The minimum Gasteiger partial charge on any atom is -0.448 e. The van der Waals surface area contributed by atoms with Gasteiger partial charge in [-0.25, -0.2) is 4.79 Å². The molecule has 156 valence electrons. The number of nitrogens with zero attached hydrogens (tertiary/aromatic N) is 2. The summed E-state index contributed by atoms with van der Waals surface area (Å²) in [5.74, 6) is -1.05. The summed E-state index contributed by atoms with van der Waals surface area (Å²) >= 11 is 0. The SMILES string of the molecule is Cc1cc(/C=C(\C#N)C(=O)O[C@@H](C)C(=O)NC2CCCCCC2)c(C)n1C1CC1. The zero-order valence-corrected chi connectivity index (χ0v) is 17.7. The van der Waals surface area contributed by atoms with Gasteiger partial charge in [0, 0.05) is 23.5 Å². The summed E-state index contributed by atoms with van der Waals surface area (Å²) in [6.07, 6.45) is 9.53. The molecule has 2 aliphatic carbocycles. The van der Waals surface area contributed by atoms with Crippen LogP contribution < -0.4 is 5.32 Å². The smallest absolute Gasteiger partial charge is 0.349 e. The van der Waals surface area contributed by atoms with E-state index in [1.165, 1.54) is 25.7 Å². The lowest BCUT2D eigenvalue weighted by Crippen LogP contribution is -2.42. The predicted molar refractivity (Wildman–Crippen MR) is 111 cm³/mol. The highest BCUT2D eigenvalue weighted by atomic mass is 16.5. The molecule has 2 fully saturated rings. The average molecular weight is 398 g/mol. The fraction of sp³-hybridized carbons (Fsp3) is 0.609. The molecular weight excluding hydrogens is 366 g/mol. The van der Waals surface area contributed by atoms with Crippen LogP contribution in [0.1, 0.15) is 81.3 Å². The van der Waals surface area contributed by atoms with E-state index in [0.29, 0.717) is 6.04 Å². The molecule has 0 spiro atoms. The Morgan fingerprint density at radius 1 is 1.21 bits per heavy atom. The number of hydrogen-bond acceptors (Lipinski definition) is 4. The molecule has 2 saturated carbocycles. The molecule has 1 amide bonds. The van der Waals surface area contributed by atoms with Crippen LogP contribution in [0.2, 0.25) is 0 Å². The molecule has 1 aromatic rings. The van der Waals surface area contributed by atoms with Crippen molar-refractivity contribution in [2.24, 2.45) is 0 Å². The van der Waals surface area contributed by atoms with Gasteiger partial charge in [-0.1, -0.05) is 25.7 Å². The number of hydrogen-bond donors (Lipinski definition) is 1. The molecule has 0 bridgehead atoms. The van der Waals surface area contributed by atoms with Gasteiger partial charge in [-0.3, -0.25) is 4.79 Å². The second-order valence-electron chi connectivity index (χ2n) is 8.34. The van der Waals surface area contributed by atoms with Crippen LogP contribution in [0.5, 0.6) is 0 Å². The molecule has 2 aliphatic rings. The third-order valence-electron chi connectivity index (χ3n) is 5.93. The van der Waals surface area contributed by atoms with Gasteiger partial charge in [-0.2, -0.15) is 5.26 Å². The Labute approximate surface area is 172 Å². The highest BCUT2D eigenvalue weighted by molar-refractivity contribution is 5.99. The lowest BCUT2D eigenvalue weighted by atomic mass is 10.1. The second-order valence-corrected chi connectivity index (χ2v) is 8.34. The van der Waals surface area contributed by atoms with Gasteiger partial charge >= 0.3 is 5.97 Å². The quantitative estimate of drug-likeness (QED) is 0.339. The maximum absolute atomic E-state index is 12.5. The first-order valence-corrected chi connectivity index (χ1v) is 10.7. The Kier molecular flexibility index (Phi) is 6.79. The van der Waals surface area contributed by atoms with E-state index in [2.05, 4.69) is 9.88 Å². The first kappa shape index (κ1) is 21.2. The van der Waals surface area contributed by atoms with Gasteiger partial charge in [-0.15, -0.1) is 0 Å². The van der Waals surface area contributed by atoms with Gasteiger partial charge in [0.2, 0.25) is 0 Å². The molecule has 0 saturated heterocycles. The number of rotatable bonds is 6. The topological polar surface area (TPSA) is 84.1 Å². The fourth-order valence-corrected chi connectivity index (χ4v) is 4.16. The van der Waals surface area contributed by atoms with Crippen molar-refractivity contribution in [1.82, 2.24) is 9.88 Å². The zero-order chi connectivity index (χ0) is 21.0. The van der Waals surface area contributed by atoms with Crippen LogP contribution in [-0.4, -0.2) is 28.6 Å². The Morgan fingerprint density at radius 3 is 2.45 bits per heavy atom. The van der Waals surface area contributed by atoms with E-state index in [9.17, 15) is 14.9 Å². The van der Waals surface area contributed by atoms with Crippen molar-refractivity contribution >= 4 is 18.0 Å². The van der Waals surface area contributed by atoms with Gasteiger partial charge in [-0.05, 0) is 64.2 Å². The average Bonchev–Trinajstić information content (AvgIpc) is 3.50. The minimum absolute atomic E-state index is 0.0878. The van der Waals surface area contributed by atoms with Gasteiger partial charge in [0.25, 0.3) is 5.91 Å². The van der Waals surface area contributed by atoms with Crippen molar-refractivity contribution in [3.63, 3.8) is 0 Å². The van der Waals surface area contributed by atoms with Crippen LogP contribution in [0.25, 0.3) is 6.08 Å². The van der Waals surface area contributed by atoms with Gasteiger partial charge in [0.15, 0.2) is 6.10 Å². The van der Waals surface area contributed by atoms with Gasteiger partial charge in [0.05, 0.1) is 0 Å². The molecule has 0 radical (unpaired) electrons. The van der Waals surface area contributed by atoms with Crippen molar-refractivity contribution < 1.29 is 14.3 Å². The number of carbonyl (C=O) groups is 2. The Hall–Kier alpha value is -2.55. The number of ether oxygens (including phenoxy) is 1. The molecule has 6 heteroatoms. The first-order chi connectivity index (χ1) is 13.9. The number of aromatic nitrogens is 1. The molecule has 0 aromatic carbocycles. The standard InChI is InChI=1S/C23H31N3O3/c1-15-12-18(16(2)26(15)21-10-11-21)13-19(14-24)23(28)29-17(3)22(27)25-20-8-6-4-5-7-9-20/h12-13,17,20-21H,4-11H2,1-3H3,(H,25,27)/b19-13+/t17-/m0/s1. The normalized spacial score (nSPS) is 19.2. The van der Waals surface area contributed by atoms with E-state index >= 15 is 0 Å². The number of nitrogens with one attached hydrogen (secondary N) is 1. The van der Waals surface area contributed by atoms with E-state index < -0.39 is 12.1 Å². The molecule has 1 atom stereocenters. The monoisotopic (exact) mass is 397 g/mol. The maximum atomic E-state index is 12.5. The molecule has 1 heterocycles. The molecule has 0 unspecified atom stereocenters. The number of nitriles is 1. The van der Waals surface area contributed by atoms with E-state index in [4.69, 9.17) is 4.74 Å². The fourth-order valence-electron chi connectivity index (χ4n) is 4.16. The maximum Gasteiger partial charge on any atom is 0.349 e. The van der Waals surface area contributed by atoms with Crippen LogP contribution >= 0.6 is 0 Å². The summed E-state index contributed by atoms with van der Waals surface area (Å²) < 4.78 is 7.56. The van der Waals surface area contributed by atoms with E-state index in [1.807, 2.05) is 26.0 Å². The Morgan fingerprint density at radius 2 is 1.86 bits per heavy atom. The Balaban J connectivity index is 1.63. The largest absolute Gasteiger partial charge is 0.448 e. The number of carbonyl (C=O) groups excluding carboxylic acids is 2. The van der Waals surface area contributed by atoms with Crippen LogP contribution in [0.3, 0.4) is 0 Å². The third kappa shape index (κ3) is 5.29. The second kappa shape index (κ2) is 9.30. The Bertz CT molecular complexity index is 834. The van der Waals surface area contributed by atoms with Gasteiger partial charge in [0.1, 0.15) is 11.6 Å². The number of amides is 1. The van der Waals surface area contributed by atoms with Crippen molar-refractivity contribution in [3.05, 3.63) is 28.6 Å². The van der Waals surface area contributed by atoms with Crippen LogP contribution in [0.4, 0.5) is 0 Å². The lowest BCUT2D eigenvalue weighted by Gasteiger charge is -2.19. The summed E-state index contributed by atoms with van der Waals surface area (Å²) in [5, 5.41) is 12.5. The molecule has 3 rings (SSSR count). The van der Waals surface area contributed by atoms with Crippen LogP contribution in [0, 0.1) is 25.2 Å². The molecule has 6 nitrogen and oxygen atoms in total. The van der Waals surface area contributed by atoms with Gasteiger partial charge < -0.3 is 14.6 Å². The van der Waals surface area contributed by atoms with Crippen LogP contribution in [0.15, 0.2) is 11.6 Å². The van der Waals surface area contributed by atoms with Crippen LogP contribution in [-0.2, 0) is 14.3 Å². The number of esters is 1. The highest BCUT2D eigenvalue weighted by Gasteiger charge is 2.27. The molecule has 1 N–H and O–H groups in total. The number of aryl methyl sites for hydroxylation is 1. The summed E-state index contributed by atoms with van der Waals surface area (Å²) in [6.45, 7) is 5.59. The van der Waals surface area contributed by atoms with E-state index in [-0.39, 0.29) is 17.5 Å². The molecule has 1 aromatic heterocycles. The van der Waals surface area contributed by atoms with E-state index in [0.717, 1.165) is 42.6 Å². The predicted octanol–water partition coefficient (Wildman–Crippen LogP) is 4.12. The zero-order valence-electron chi connectivity index (χ0n) is 17.7. The highest BCUT2D eigenvalue weighted by Crippen LogP contribution is 2.38. The summed E-state index contributed by atoms with van der Waals surface area (Å²) in [4.78, 5) is 24.9. The first-order valence-electron chi connectivity index (χ1n) is 10.7. The summed E-state index contributed by atoms with van der Waals surface area (Å²) in [5.41, 5.74) is 2.93. The van der Waals surface area contributed by atoms with E-state index in [1.54, 1.807) is 13.0 Å². The molecular formula is C23H31N3O3. The minimum atomic E-state index is -0.929. The molecule has 29 heavy (non-hydrogen) atoms. The van der Waals surface area contributed by atoms with Crippen molar-refractivity contribution in [2.75, 3.05) is 0 Å².